The molecule has 0 bridgehead atoms. The number of nitrogens with zero attached hydrogens (tertiary/aromatic N) is 1. The Kier molecular flexibility index (Phi) is 6.36. The van der Waals surface area contributed by atoms with Crippen LogP contribution in [0.4, 0.5) is 5.69 Å². The van der Waals surface area contributed by atoms with E-state index in [1.807, 2.05) is 36.4 Å². The molecule has 4 rings (SSSR count). The van der Waals surface area contributed by atoms with Crippen molar-refractivity contribution in [2.24, 2.45) is 0 Å². The highest BCUT2D eigenvalue weighted by Gasteiger charge is 2.27. The Labute approximate surface area is 187 Å². The lowest BCUT2D eigenvalue weighted by molar-refractivity contribution is -0.114. The normalized spacial score (nSPS) is 15.4. The van der Waals surface area contributed by atoms with E-state index in [9.17, 15) is 9.59 Å². The molecule has 154 valence electrons. The zero-order chi connectivity index (χ0) is 21.1. The van der Waals surface area contributed by atoms with Crippen LogP contribution in [-0.4, -0.2) is 33.9 Å². The van der Waals surface area contributed by atoms with Gasteiger partial charge >= 0.3 is 0 Å². The topological polar surface area (TPSA) is 84.2 Å². The molecule has 30 heavy (non-hydrogen) atoms. The minimum atomic E-state index is -0.282. The average molecular weight is 460 g/mol. The first kappa shape index (κ1) is 20.8. The first-order valence-electron chi connectivity index (χ1n) is 9.22. The Morgan fingerprint density at radius 3 is 2.87 bits per heavy atom. The maximum absolute atomic E-state index is 12.8. The van der Waals surface area contributed by atoms with Crippen molar-refractivity contribution in [3.05, 3.63) is 64.9 Å². The second kappa shape index (κ2) is 9.16. The predicted molar refractivity (Wildman–Crippen MR) is 121 cm³/mol. The average Bonchev–Trinajstić information content (AvgIpc) is 3.12. The van der Waals surface area contributed by atoms with Crippen LogP contribution in [0.5, 0.6) is 0 Å². The Bertz CT molecular complexity index is 1100. The molecule has 9 heteroatoms. The van der Waals surface area contributed by atoms with Crippen molar-refractivity contribution >= 4 is 52.6 Å². The van der Waals surface area contributed by atoms with E-state index in [1.54, 1.807) is 19.1 Å². The van der Waals surface area contributed by atoms with Crippen LogP contribution >= 0.6 is 35.1 Å². The van der Waals surface area contributed by atoms with Gasteiger partial charge in [0.05, 0.1) is 10.7 Å². The van der Waals surface area contributed by atoms with E-state index in [2.05, 4.69) is 15.8 Å². The van der Waals surface area contributed by atoms with Gasteiger partial charge in [-0.1, -0.05) is 58.9 Å². The monoisotopic (exact) mass is 459 g/mol. The lowest BCUT2D eigenvalue weighted by Crippen LogP contribution is -2.30. The predicted octanol–water partition coefficient (Wildman–Crippen LogP) is 4.84. The minimum absolute atomic E-state index is 0.0362. The lowest BCUT2D eigenvalue weighted by atomic mass is 10.1. The number of halogens is 1. The second-order valence-electron chi connectivity index (χ2n) is 6.50. The molecule has 1 unspecified atom stereocenters. The second-order valence-corrected chi connectivity index (χ2v) is 9.57. The largest absolute Gasteiger partial charge is 0.360 e. The van der Waals surface area contributed by atoms with Crippen molar-refractivity contribution in [2.75, 3.05) is 17.6 Å². The van der Waals surface area contributed by atoms with Gasteiger partial charge in [-0.15, -0.1) is 11.8 Å². The van der Waals surface area contributed by atoms with Gasteiger partial charge in [-0.3, -0.25) is 9.59 Å². The summed E-state index contributed by atoms with van der Waals surface area (Å²) in [6.45, 7) is 2.10. The van der Waals surface area contributed by atoms with E-state index < -0.39 is 0 Å². The van der Waals surface area contributed by atoms with Crippen LogP contribution in [0.15, 0.2) is 57.9 Å². The van der Waals surface area contributed by atoms with Gasteiger partial charge in [0.2, 0.25) is 5.91 Å². The third-order valence-electron chi connectivity index (χ3n) is 4.47. The molecule has 0 fully saturated rings. The van der Waals surface area contributed by atoms with Crippen LogP contribution in [0, 0.1) is 6.92 Å². The van der Waals surface area contributed by atoms with E-state index in [1.165, 1.54) is 23.5 Å². The summed E-state index contributed by atoms with van der Waals surface area (Å²) >= 11 is 9.27. The molecule has 3 aromatic rings. The number of anilines is 1. The number of fused-ring (bicyclic) bond motifs is 1. The minimum Gasteiger partial charge on any atom is -0.360 e. The first-order chi connectivity index (χ1) is 14.5. The fraction of sp³-hybridized carbons (Fsp3) is 0.190. The fourth-order valence-corrected chi connectivity index (χ4v) is 5.58. The molecule has 0 spiro atoms. The summed E-state index contributed by atoms with van der Waals surface area (Å²) in [5.41, 5.74) is 2.27. The zero-order valence-electron chi connectivity index (χ0n) is 16.0. The summed E-state index contributed by atoms with van der Waals surface area (Å²) in [6.07, 6.45) is 0. The molecule has 1 aliphatic heterocycles. The summed E-state index contributed by atoms with van der Waals surface area (Å²) < 4.78 is 4.99. The number of carbonyl (C=O) groups excluding carboxylic acids is 2. The molecule has 0 saturated heterocycles. The quantitative estimate of drug-likeness (QED) is 0.513. The number of aromatic nitrogens is 1. The first-order valence-corrected chi connectivity index (χ1v) is 11.5. The van der Waals surface area contributed by atoms with Gasteiger partial charge in [0.1, 0.15) is 21.6 Å². The Hall–Kier alpha value is -2.42. The third-order valence-corrected chi connectivity index (χ3v) is 7.49. The highest BCUT2D eigenvalue weighted by Crippen LogP contribution is 2.39. The molecule has 6 nitrogen and oxygen atoms in total. The molecule has 1 aliphatic rings. The zero-order valence-corrected chi connectivity index (χ0v) is 18.4. The van der Waals surface area contributed by atoms with Crippen molar-refractivity contribution < 1.29 is 14.1 Å². The Morgan fingerprint density at radius 1 is 1.27 bits per heavy atom. The third kappa shape index (κ3) is 4.35. The number of aryl methyl sites for hydroxylation is 1. The molecule has 1 atom stereocenters. The summed E-state index contributed by atoms with van der Waals surface area (Å²) in [5.74, 6) is 0.695. The molecular weight excluding hydrogens is 442 g/mol. The molecule has 1 aromatic heterocycles. The Morgan fingerprint density at radius 2 is 2.03 bits per heavy atom. The number of hydrogen-bond acceptors (Lipinski definition) is 6. The number of amides is 2. The molecule has 2 heterocycles. The number of hydrogen-bond donors (Lipinski definition) is 2. The maximum atomic E-state index is 12.8. The number of para-hydroxylation sites is 1. The molecule has 2 N–H and O–H groups in total. The maximum Gasteiger partial charge on any atom is 0.257 e. The van der Waals surface area contributed by atoms with E-state index >= 15 is 0 Å². The van der Waals surface area contributed by atoms with Gasteiger partial charge in [0.25, 0.3) is 5.91 Å². The number of benzene rings is 2. The summed E-state index contributed by atoms with van der Waals surface area (Å²) in [5, 5.41) is 10.3. The van der Waals surface area contributed by atoms with Gasteiger partial charge < -0.3 is 15.2 Å². The van der Waals surface area contributed by atoms with Crippen molar-refractivity contribution in [2.45, 2.75) is 16.4 Å². The van der Waals surface area contributed by atoms with Gasteiger partial charge in [0.15, 0.2) is 0 Å². The van der Waals surface area contributed by atoms with Crippen LogP contribution in [-0.2, 0) is 4.79 Å². The molecular formula is C21H18ClN3O3S2. The summed E-state index contributed by atoms with van der Waals surface area (Å²) in [7, 11) is 0. The van der Waals surface area contributed by atoms with Crippen LogP contribution in [0.1, 0.15) is 16.1 Å². The number of nitrogens with one attached hydrogen (secondary N) is 2. The van der Waals surface area contributed by atoms with E-state index in [-0.39, 0.29) is 16.4 Å². The molecule has 0 saturated carbocycles. The highest BCUT2D eigenvalue weighted by atomic mass is 35.5. The Balaban J connectivity index is 1.36. The summed E-state index contributed by atoms with van der Waals surface area (Å²) in [6, 6.07) is 14.9. The van der Waals surface area contributed by atoms with E-state index in [0.717, 1.165) is 10.6 Å². The highest BCUT2D eigenvalue weighted by molar-refractivity contribution is 8.18. The van der Waals surface area contributed by atoms with Crippen LogP contribution < -0.4 is 10.6 Å². The number of rotatable bonds is 6. The van der Waals surface area contributed by atoms with Gasteiger partial charge in [-0.05, 0) is 25.1 Å². The lowest BCUT2D eigenvalue weighted by Gasteiger charge is -2.23. The number of carbonyl (C=O) groups is 2. The van der Waals surface area contributed by atoms with Gasteiger partial charge in [0, 0.05) is 22.8 Å². The fourth-order valence-electron chi connectivity index (χ4n) is 3.04. The van der Waals surface area contributed by atoms with Gasteiger partial charge in [-0.2, -0.15) is 0 Å². The molecule has 0 aliphatic carbocycles. The van der Waals surface area contributed by atoms with Crippen LogP contribution in [0.3, 0.4) is 0 Å². The van der Waals surface area contributed by atoms with Gasteiger partial charge in [-0.25, -0.2) is 0 Å². The SMILES string of the molecule is Cc1onc(-c2ccccc2Cl)c1C(=O)NCCSC1Sc2ccccc2NC1=O. The smallest absolute Gasteiger partial charge is 0.257 e. The standard InChI is InChI=1S/C21H18ClN3O3S2/c1-12-17(18(25-28-12)13-6-2-3-7-14(13)22)19(26)23-10-11-29-21-20(27)24-15-8-4-5-9-16(15)30-21/h2-9,21H,10-11H2,1H3,(H,23,26)(H,24,27). The van der Waals surface area contributed by atoms with E-state index in [4.69, 9.17) is 16.1 Å². The van der Waals surface area contributed by atoms with E-state index in [0.29, 0.717) is 39.9 Å². The van der Waals surface area contributed by atoms with Crippen molar-refractivity contribution in [3.63, 3.8) is 0 Å². The summed E-state index contributed by atoms with van der Waals surface area (Å²) in [4.78, 5) is 26.1. The van der Waals surface area contributed by atoms with Crippen LogP contribution in [0.25, 0.3) is 11.3 Å². The van der Waals surface area contributed by atoms with Crippen molar-refractivity contribution in [1.82, 2.24) is 10.5 Å². The van der Waals surface area contributed by atoms with Crippen LogP contribution in [0.2, 0.25) is 5.02 Å². The molecule has 0 radical (unpaired) electrons. The van der Waals surface area contributed by atoms with Crippen molar-refractivity contribution in [1.29, 1.82) is 0 Å². The molecule has 2 amide bonds. The van der Waals surface area contributed by atoms with Crippen molar-refractivity contribution in [3.8, 4) is 11.3 Å². The molecule has 2 aromatic carbocycles. The number of thioether (sulfide) groups is 2.